The third kappa shape index (κ3) is 2.22. The lowest BCUT2D eigenvalue weighted by atomic mass is 10.1. The van der Waals surface area contributed by atoms with Gasteiger partial charge in [0.25, 0.3) is 0 Å². The molecule has 0 bridgehead atoms. The Morgan fingerprint density at radius 1 is 1.58 bits per heavy atom. The summed E-state index contributed by atoms with van der Waals surface area (Å²) in [6.45, 7) is 0. The number of primary amides is 1. The van der Waals surface area contributed by atoms with E-state index in [0.29, 0.717) is 5.56 Å². The first kappa shape index (κ1) is 9.55. The fraction of sp³-hybridized carbons (Fsp3) is 0.125. The molecule has 1 rings (SSSR count). The average molecular weight is 249 g/mol. The number of halogens is 2. The maximum atomic E-state index is 10.7. The Balaban J connectivity index is 2.95. The van der Waals surface area contributed by atoms with Crippen molar-refractivity contribution in [3.05, 3.63) is 34.3 Å². The van der Waals surface area contributed by atoms with Gasteiger partial charge in [-0.15, -0.1) is 11.6 Å². The summed E-state index contributed by atoms with van der Waals surface area (Å²) in [6, 6.07) is 7.18. The van der Waals surface area contributed by atoms with E-state index in [9.17, 15) is 4.79 Å². The predicted octanol–water partition coefficient (Wildman–Crippen LogP) is 2.21. The molecule has 2 N–H and O–H groups in total. The summed E-state index contributed by atoms with van der Waals surface area (Å²) >= 11 is 8.99. The van der Waals surface area contributed by atoms with Crippen molar-refractivity contribution in [3.63, 3.8) is 0 Å². The zero-order chi connectivity index (χ0) is 9.14. The van der Waals surface area contributed by atoms with E-state index in [-0.39, 0.29) is 0 Å². The molecule has 1 amide bonds. The van der Waals surface area contributed by atoms with Crippen molar-refractivity contribution >= 4 is 33.4 Å². The molecule has 12 heavy (non-hydrogen) atoms. The topological polar surface area (TPSA) is 43.1 Å². The molecular weight excluding hydrogens is 241 g/mol. The first-order valence-corrected chi connectivity index (χ1v) is 4.53. The summed E-state index contributed by atoms with van der Waals surface area (Å²) in [6.07, 6.45) is 0. The fourth-order valence-electron chi connectivity index (χ4n) is 0.829. The van der Waals surface area contributed by atoms with E-state index in [1.807, 2.05) is 6.07 Å². The summed E-state index contributed by atoms with van der Waals surface area (Å²) in [5.74, 6) is -0.533. The van der Waals surface area contributed by atoms with Crippen molar-refractivity contribution in [2.45, 2.75) is 5.38 Å². The Bertz CT molecular complexity index is 303. The zero-order valence-corrected chi connectivity index (χ0v) is 8.47. The molecule has 0 aromatic heterocycles. The van der Waals surface area contributed by atoms with Gasteiger partial charge < -0.3 is 5.73 Å². The van der Waals surface area contributed by atoms with Crippen molar-refractivity contribution in [2.75, 3.05) is 0 Å². The highest BCUT2D eigenvalue weighted by molar-refractivity contribution is 9.10. The second-order valence-electron chi connectivity index (χ2n) is 2.32. The number of rotatable bonds is 2. The maximum absolute atomic E-state index is 10.7. The van der Waals surface area contributed by atoms with Crippen LogP contribution in [0.3, 0.4) is 0 Å². The van der Waals surface area contributed by atoms with Crippen LogP contribution in [0, 0.1) is 0 Å². The molecule has 0 aliphatic carbocycles. The van der Waals surface area contributed by atoms with Crippen LogP contribution in [0.1, 0.15) is 10.9 Å². The highest BCUT2D eigenvalue weighted by Crippen LogP contribution is 2.22. The number of alkyl halides is 1. The summed E-state index contributed by atoms with van der Waals surface area (Å²) in [7, 11) is 0. The van der Waals surface area contributed by atoms with Crippen LogP contribution in [0.5, 0.6) is 0 Å². The first-order valence-electron chi connectivity index (χ1n) is 3.30. The van der Waals surface area contributed by atoms with Crippen LogP contribution in [0.25, 0.3) is 0 Å². The maximum Gasteiger partial charge on any atom is 0.240 e. The number of benzene rings is 1. The molecule has 0 radical (unpaired) electrons. The van der Waals surface area contributed by atoms with E-state index in [1.54, 1.807) is 18.2 Å². The Hall–Kier alpha value is -0.540. The van der Waals surface area contributed by atoms with Gasteiger partial charge in [0, 0.05) is 4.47 Å². The van der Waals surface area contributed by atoms with Crippen molar-refractivity contribution in [2.24, 2.45) is 5.73 Å². The first-order chi connectivity index (χ1) is 5.61. The lowest BCUT2D eigenvalue weighted by molar-refractivity contribution is -0.117. The van der Waals surface area contributed by atoms with Crippen molar-refractivity contribution in [1.29, 1.82) is 0 Å². The Morgan fingerprint density at radius 3 is 2.75 bits per heavy atom. The molecule has 1 atom stereocenters. The summed E-state index contributed by atoms with van der Waals surface area (Å²) < 4.78 is 0.881. The van der Waals surface area contributed by atoms with Crippen LogP contribution in [0.15, 0.2) is 28.7 Å². The number of hydrogen-bond donors (Lipinski definition) is 1. The molecule has 1 aromatic carbocycles. The van der Waals surface area contributed by atoms with Crippen LogP contribution < -0.4 is 5.73 Å². The molecule has 0 fully saturated rings. The van der Waals surface area contributed by atoms with Crippen LogP contribution >= 0.6 is 27.5 Å². The largest absolute Gasteiger partial charge is 0.368 e. The van der Waals surface area contributed by atoms with Crippen LogP contribution in [-0.4, -0.2) is 5.91 Å². The molecule has 0 aliphatic rings. The third-order valence-corrected chi connectivity index (χ3v) is 2.35. The lowest BCUT2D eigenvalue weighted by Crippen LogP contribution is -2.16. The van der Waals surface area contributed by atoms with E-state index < -0.39 is 11.3 Å². The summed E-state index contributed by atoms with van der Waals surface area (Å²) in [5, 5.41) is -0.748. The van der Waals surface area contributed by atoms with Crippen molar-refractivity contribution < 1.29 is 4.79 Å². The highest BCUT2D eigenvalue weighted by Gasteiger charge is 2.13. The number of carbonyl (C=O) groups excluding carboxylic acids is 1. The minimum absolute atomic E-state index is 0.533. The van der Waals surface area contributed by atoms with Crippen LogP contribution in [0.4, 0.5) is 0 Å². The van der Waals surface area contributed by atoms with Gasteiger partial charge in [-0.05, 0) is 17.7 Å². The molecule has 0 saturated carbocycles. The van der Waals surface area contributed by atoms with Gasteiger partial charge in [0.15, 0.2) is 0 Å². The van der Waals surface area contributed by atoms with Crippen molar-refractivity contribution in [3.8, 4) is 0 Å². The Kier molecular flexibility index (Phi) is 3.12. The number of carbonyl (C=O) groups is 1. The second-order valence-corrected chi connectivity index (χ2v) is 3.67. The number of nitrogens with two attached hydrogens (primary N) is 1. The van der Waals surface area contributed by atoms with Gasteiger partial charge in [-0.1, -0.05) is 28.1 Å². The molecule has 0 heterocycles. The highest BCUT2D eigenvalue weighted by atomic mass is 79.9. The second kappa shape index (κ2) is 3.92. The van der Waals surface area contributed by atoms with E-state index in [2.05, 4.69) is 15.9 Å². The smallest absolute Gasteiger partial charge is 0.240 e. The molecule has 0 aliphatic heterocycles. The molecule has 0 saturated heterocycles. The Morgan fingerprint density at radius 2 is 2.25 bits per heavy atom. The van der Waals surface area contributed by atoms with Gasteiger partial charge in [-0.2, -0.15) is 0 Å². The summed E-state index contributed by atoms with van der Waals surface area (Å²) in [4.78, 5) is 10.7. The quantitative estimate of drug-likeness (QED) is 0.801. The molecular formula is C8H7BrClNO. The van der Waals surface area contributed by atoms with Crippen LogP contribution in [-0.2, 0) is 4.79 Å². The fourth-order valence-corrected chi connectivity index (χ4v) is 1.38. The van der Waals surface area contributed by atoms with Gasteiger partial charge in [-0.25, -0.2) is 0 Å². The molecule has 64 valence electrons. The standard InChI is InChI=1S/C8H7BrClNO/c9-6-3-1-2-5(4-6)7(10)8(11)12/h1-4,7H,(H2,11,12). The molecule has 0 spiro atoms. The molecule has 1 aromatic rings. The molecule has 1 unspecified atom stereocenters. The van der Waals surface area contributed by atoms with Crippen LogP contribution in [0.2, 0.25) is 0 Å². The van der Waals surface area contributed by atoms with Gasteiger partial charge in [0.05, 0.1) is 0 Å². The minimum Gasteiger partial charge on any atom is -0.368 e. The number of amides is 1. The lowest BCUT2D eigenvalue weighted by Gasteiger charge is -2.04. The summed E-state index contributed by atoms with van der Waals surface area (Å²) in [5.41, 5.74) is 5.74. The van der Waals surface area contributed by atoms with Gasteiger partial charge in [0.1, 0.15) is 5.38 Å². The Labute approximate surface area is 83.8 Å². The van der Waals surface area contributed by atoms with Gasteiger partial charge in [-0.3, -0.25) is 4.79 Å². The van der Waals surface area contributed by atoms with E-state index in [4.69, 9.17) is 17.3 Å². The van der Waals surface area contributed by atoms with Gasteiger partial charge >= 0.3 is 0 Å². The SMILES string of the molecule is NC(=O)C(Cl)c1cccc(Br)c1. The van der Waals surface area contributed by atoms with E-state index in [1.165, 1.54) is 0 Å². The zero-order valence-electron chi connectivity index (χ0n) is 6.13. The third-order valence-electron chi connectivity index (χ3n) is 1.39. The predicted molar refractivity (Wildman–Crippen MR) is 51.9 cm³/mol. The molecule has 4 heteroatoms. The van der Waals surface area contributed by atoms with Crippen molar-refractivity contribution in [1.82, 2.24) is 0 Å². The average Bonchev–Trinajstić information content (AvgIpc) is 2.03. The minimum atomic E-state index is -0.748. The normalized spacial score (nSPS) is 12.5. The van der Waals surface area contributed by atoms with E-state index >= 15 is 0 Å². The van der Waals surface area contributed by atoms with E-state index in [0.717, 1.165) is 4.47 Å². The monoisotopic (exact) mass is 247 g/mol. The molecule has 2 nitrogen and oxygen atoms in total. The number of hydrogen-bond acceptors (Lipinski definition) is 1. The van der Waals surface area contributed by atoms with Gasteiger partial charge in [0.2, 0.25) is 5.91 Å².